The van der Waals surface area contributed by atoms with Crippen LogP contribution < -0.4 is 10.1 Å². The number of ether oxygens (including phenoxy) is 3. The van der Waals surface area contributed by atoms with Crippen molar-refractivity contribution in [1.82, 2.24) is 5.32 Å². The fraction of sp³-hybridized carbons (Fsp3) is 0.724. The molecule has 1 saturated carbocycles. The van der Waals surface area contributed by atoms with Crippen LogP contribution in [0.5, 0.6) is 11.5 Å². The molecular weight excluding hydrogens is 458 g/mol. The summed E-state index contributed by atoms with van der Waals surface area (Å²) in [4.78, 5) is 24.9. The van der Waals surface area contributed by atoms with Gasteiger partial charge in [-0.05, 0) is 75.7 Å². The van der Waals surface area contributed by atoms with Crippen LogP contribution in [-0.2, 0) is 25.5 Å². The first kappa shape index (κ1) is 28.3. The smallest absolute Gasteiger partial charge is 0.302 e. The SMILES string of the molecule is CCCCCC(OC(C)=O)C1(C(OC(C)=O)C2(Cc3ccc(O)c(OC)c3)CCNCC2)CCCC1. The van der Waals surface area contributed by atoms with E-state index >= 15 is 0 Å². The van der Waals surface area contributed by atoms with Gasteiger partial charge in [-0.3, -0.25) is 9.59 Å². The maximum absolute atomic E-state index is 12.6. The van der Waals surface area contributed by atoms with Crippen LogP contribution >= 0.6 is 0 Å². The predicted molar refractivity (Wildman–Crippen MR) is 139 cm³/mol. The number of hydrogen-bond acceptors (Lipinski definition) is 7. The number of nitrogens with one attached hydrogen (secondary N) is 1. The number of benzene rings is 1. The van der Waals surface area contributed by atoms with E-state index in [1.54, 1.807) is 13.2 Å². The summed E-state index contributed by atoms with van der Waals surface area (Å²) in [5.41, 5.74) is 0.294. The highest BCUT2D eigenvalue weighted by atomic mass is 16.6. The van der Waals surface area contributed by atoms with Crippen LogP contribution in [-0.4, -0.2) is 49.5 Å². The molecule has 1 heterocycles. The number of phenolic OH excluding ortho intramolecular Hbond substituents is 1. The lowest BCUT2D eigenvalue weighted by atomic mass is 9.58. The van der Waals surface area contributed by atoms with Crippen molar-refractivity contribution in [3.63, 3.8) is 0 Å². The number of unbranched alkanes of at least 4 members (excludes halogenated alkanes) is 2. The number of aromatic hydroxyl groups is 1. The molecule has 1 aromatic rings. The van der Waals surface area contributed by atoms with Crippen molar-refractivity contribution >= 4 is 11.9 Å². The van der Waals surface area contributed by atoms with Crippen molar-refractivity contribution < 1.29 is 28.9 Å². The zero-order chi connectivity index (χ0) is 26.2. The van der Waals surface area contributed by atoms with Crippen LogP contribution in [0.4, 0.5) is 0 Å². The predicted octanol–water partition coefficient (Wildman–Crippen LogP) is 5.32. The van der Waals surface area contributed by atoms with Gasteiger partial charge in [-0.15, -0.1) is 0 Å². The summed E-state index contributed by atoms with van der Waals surface area (Å²) in [5.74, 6) is -0.0154. The minimum Gasteiger partial charge on any atom is -0.504 e. The largest absolute Gasteiger partial charge is 0.504 e. The number of hydrogen-bond donors (Lipinski definition) is 2. The van der Waals surface area contributed by atoms with Crippen molar-refractivity contribution in [3.05, 3.63) is 23.8 Å². The van der Waals surface area contributed by atoms with Gasteiger partial charge in [0, 0.05) is 24.7 Å². The summed E-state index contributed by atoms with van der Waals surface area (Å²) in [6.07, 6.45) is 9.47. The van der Waals surface area contributed by atoms with E-state index in [-0.39, 0.29) is 35.3 Å². The molecule has 2 fully saturated rings. The van der Waals surface area contributed by atoms with Crippen LogP contribution in [0.2, 0.25) is 0 Å². The van der Waals surface area contributed by atoms with Crippen molar-refractivity contribution in [2.45, 2.75) is 104 Å². The zero-order valence-electron chi connectivity index (χ0n) is 22.6. The Morgan fingerprint density at radius 2 is 1.69 bits per heavy atom. The molecule has 3 rings (SSSR count). The number of rotatable bonds is 12. The minimum absolute atomic E-state index is 0.107. The van der Waals surface area contributed by atoms with Crippen LogP contribution in [0.3, 0.4) is 0 Å². The van der Waals surface area contributed by atoms with E-state index in [9.17, 15) is 14.7 Å². The summed E-state index contributed by atoms with van der Waals surface area (Å²) in [6, 6.07) is 5.48. The quantitative estimate of drug-likeness (QED) is 0.295. The summed E-state index contributed by atoms with van der Waals surface area (Å²) in [5, 5.41) is 13.6. The van der Waals surface area contributed by atoms with Crippen molar-refractivity contribution in [2.75, 3.05) is 20.2 Å². The molecule has 1 aliphatic heterocycles. The fourth-order valence-electron chi connectivity index (χ4n) is 6.74. The number of piperidine rings is 1. The van der Waals surface area contributed by atoms with Crippen molar-refractivity contribution in [2.24, 2.45) is 10.8 Å². The Labute approximate surface area is 216 Å². The van der Waals surface area contributed by atoms with Crippen LogP contribution in [0.15, 0.2) is 18.2 Å². The highest BCUT2D eigenvalue weighted by Crippen LogP contribution is 2.56. The molecule has 0 bridgehead atoms. The molecule has 202 valence electrons. The molecule has 0 spiro atoms. The third kappa shape index (κ3) is 6.53. The van der Waals surface area contributed by atoms with Crippen LogP contribution in [0.25, 0.3) is 0 Å². The number of methoxy groups -OCH3 is 1. The highest BCUT2D eigenvalue weighted by Gasteiger charge is 2.58. The number of phenols is 1. The average molecular weight is 504 g/mol. The van der Waals surface area contributed by atoms with Crippen LogP contribution in [0.1, 0.15) is 90.5 Å². The monoisotopic (exact) mass is 503 g/mol. The van der Waals surface area contributed by atoms with Gasteiger partial charge in [-0.25, -0.2) is 0 Å². The minimum atomic E-state index is -0.413. The Kier molecular flexibility index (Phi) is 10.1. The second-order valence-electron chi connectivity index (χ2n) is 10.8. The summed E-state index contributed by atoms with van der Waals surface area (Å²) in [6.45, 7) is 6.81. The number of carbonyl (C=O) groups excluding carboxylic acids is 2. The lowest BCUT2D eigenvalue weighted by Gasteiger charge is -2.53. The summed E-state index contributed by atoms with van der Waals surface area (Å²) >= 11 is 0. The lowest BCUT2D eigenvalue weighted by molar-refractivity contribution is -0.194. The lowest BCUT2D eigenvalue weighted by Crippen LogP contribution is -2.58. The molecular formula is C29H45NO6. The molecule has 2 N–H and O–H groups in total. The Morgan fingerprint density at radius 1 is 1.03 bits per heavy atom. The number of carbonyl (C=O) groups is 2. The normalized spacial score (nSPS) is 20.3. The fourth-order valence-corrected chi connectivity index (χ4v) is 6.74. The van der Waals surface area contributed by atoms with Crippen molar-refractivity contribution in [1.29, 1.82) is 0 Å². The molecule has 2 unspecified atom stereocenters. The first-order chi connectivity index (χ1) is 17.3. The van der Waals surface area contributed by atoms with E-state index < -0.39 is 5.41 Å². The first-order valence-corrected chi connectivity index (χ1v) is 13.7. The summed E-state index contributed by atoms with van der Waals surface area (Å²) < 4.78 is 17.8. The molecule has 1 aromatic carbocycles. The van der Waals surface area contributed by atoms with Gasteiger partial charge in [0.05, 0.1) is 7.11 Å². The topological polar surface area (TPSA) is 94.1 Å². The molecule has 0 aromatic heterocycles. The zero-order valence-corrected chi connectivity index (χ0v) is 22.6. The molecule has 1 saturated heterocycles. The van der Waals surface area contributed by atoms with E-state index in [0.29, 0.717) is 12.2 Å². The van der Waals surface area contributed by atoms with Gasteiger partial charge >= 0.3 is 11.9 Å². The molecule has 0 radical (unpaired) electrons. The van der Waals surface area contributed by atoms with E-state index in [1.165, 1.54) is 13.8 Å². The number of esters is 2. The molecule has 36 heavy (non-hydrogen) atoms. The third-order valence-electron chi connectivity index (χ3n) is 8.32. The van der Waals surface area contributed by atoms with Crippen molar-refractivity contribution in [3.8, 4) is 11.5 Å². The van der Waals surface area contributed by atoms with Gasteiger partial charge in [0.25, 0.3) is 0 Å². The first-order valence-electron chi connectivity index (χ1n) is 13.7. The van der Waals surface area contributed by atoms with E-state index in [2.05, 4.69) is 12.2 Å². The van der Waals surface area contributed by atoms with E-state index in [0.717, 1.165) is 82.9 Å². The maximum Gasteiger partial charge on any atom is 0.302 e. The molecule has 7 heteroatoms. The Bertz CT molecular complexity index is 873. The van der Waals surface area contributed by atoms with Gasteiger partial charge in [0.1, 0.15) is 12.2 Å². The van der Waals surface area contributed by atoms with E-state index in [1.807, 2.05) is 12.1 Å². The molecule has 1 aliphatic carbocycles. The Balaban J connectivity index is 2.09. The highest BCUT2D eigenvalue weighted by molar-refractivity contribution is 5.67. The average Bonchev–Trinajstić information content (AvgIpc) is 3.34. The molecule has 2 aliphatic rings. The van der Waals surface area contributed by atoms with Gasteiger partial charge in [-0.2, -0.15) is 0 Å². The second kappa shape index (κ2) is 12.8. The summed E-state index contributed by atoms with van der Waals surface area (Å²) in [7, 11) is 1.55. The Hall–Kier alpha value is -2.28. The maximum atomic E-state index is 12.6. The van der Waals surface area contributed by atoms with Gasteiger partial charge in [0.2, 0.25) is 0 Å². The molecule has 2 atom stereocenters. The molecule has 7 nitrogen and oxygen atoms in total. The Morgan fingerprint density at radius 3 is 2.28 bits per heavy atom. The van der Waals surface area contributed by atoms with Gasteiger partial charge < -0.3 is 24.6 Å². The van der Waals surface area contributed by atoms with Crippen LogP contribution in [0, 0.1) is 10.8 Å². The third-order valence-corrected chi connectivity index (χ3v) is 8.32. The van der Waals surface area contributed by atoms with Gasteiger partial charge in [0.15, 0.2) is 11.5 Å². The van der Waals surface area contributed by atoms with E-state index in [4.69, 9.17) is 14.2 Å². The van der Waals surface area contributed by atoms with Gasteiger partial charge in [-0.1, -0.05) is 38.7 Å². The molecule has 0 amide bonds. The second-order valence-corrected chi connectivity index (χ2v) is 10.8. The standard InChI is InChI=1S/C29H45NO6/c1-5-6-7-10-26(35-21(2)31)29(13-8-9-14-29)27(36-22(3)32)28(15-17-30-18-16-28)20-23-11-12-24(33)25(19-23)34-4/h11-12,19,26-27,30,33H,5-10,13-18,20H2,1-4H3.